The fourth-order valence-corrected chi connectivity index (χ4v) is 3.38. The standard InChI is InChI=1S/C15H29N3O/c1-3-15(16,4-2)14(19)18-11-8-13(12-18)17-9-6-5-7-10-17/h13H,3-12,16H2,1-2H3. The van der Waals surface area contributed by atoms with Gasteiger partial charge in [-0.05, 0) is 45.2 Å². The number of nitrogens with zero attached hydrogens (tertiary/aromatic N) is 2. The summed E-state index contributed by atoms with van der Waals surface area (Å²) in [4.78, 5) is 17.1. The van der Waals surface area contributed by atoms with E-state index >= 15 is 0 Å². The second kappa shape index (κ2) is 6.23. The molecule has 2 fully saturated rings. The summed E-state index contributed by atoms with van der Waals surface area (Å²) in [7, 11) is 0. The maximum absolute atomic E-state index is 12.5. The Morgan fingerprint density at radius 3 is 2.37 bits per heavy atom. The lowest BCUT2D eigenvalue weighted by Crippen LogP contribution is -2.54. The number of hydrogen-bond donors (Lipinski definition) is 1. The van der Waals surface area contributed by atoms with E-state index in [-0.39, 0.29) is 5.91 Å². The third-order valence-corrected chi connectivity index (χ3v) is 5.05. The summed E-state index contributed by atoms with van der Waals surface area (Å²) < 4.78 is 0. The van der Waals surface area contributed by atoms with E-state index in [0.29, 0.717) is 6.04 Å². The van der Waals surface area contributed by atoms with Crippen LogP contribution in [0.3, 0.4) is 0 Å². The number of amides is 1. The maximum Gasteiger partial charge on any atom is 0.242 e. The van der Waals surface area contributed by atoms with Crippen LogP contribution in [0, 0.1) is 0 Å². The van der Waals surface area contributed by atoms with Crippen molar-refractivity contribution in [1.82, 2.24) is 9.80 Å². The van der Waals surface area contributed by atoms with E-state index in [0.717, 1.165) is 32.4 Å². The highest BCUT2D eigenvalue weighted by molar-refractivity contribution is 5.86. The minimum atomic E-state index is -0.642. The lowest BCUT2D eigenvalue weighted by Gasteiger charge is -2.34. The van der Waals surface area contributed by atoms with Gasteiger partial charge in [0.15, 0.2) is 0 Å². The molecule has 0 aromatic carbocycles. The number of hydrogen-bond acceptors (Lipinski definition) is 3. The molecular formula is C15H29N3O. The molecule has 0 aromatic heterocycles. The molecule has 2 aliphatic heterocycles. The molecule has 1 amide bonds. The molecule has 4 heteroatoms. The highest BCUT2D eigenvalue weighted by Gasteiger charge is 2.38. The highest BCUT2D eigenvalue weighted by Crippen LogP contribution is 2.23. The first-order valence-electron chi connectivity index (χ1n) is 7.93. The molecule has 110 valence electrons. The number of nitrogens with two attached hydrogens (primary N) is 1. The highest BCUT2D eigenvalue weighted by atomic mass is 16.2. The van der Waals surface area contributed by atoms with Crippen molar-refractivity contribution in [3.05, 3.63) is 0 Å². The predicted molar refractivity (Wildman–Crippen MR) is 77.9 cm³/mol. The molecule has 0 aromatic rings. The van der Waals surface area contributed by atoms with Gasteiger partial charge in [-0.15, -0.1) is 0 Å². The van der Waals surface area contributed by atoms with E-state index in [4.69, 9.17) is 5.73 Å². The molecule has 4 nitrogen and oxygen atoms in total. The van der Waals surface area contributed by atoms with Crippen molar-refractivity contribution in [2.75, 3.05) is 26.2 Å². The minimum absolute atomic E-state index is 0.164. The van der Waals surface area contributed by atoms with Crippen LogP contribution in [0.5, 0.6) is 0 Å². The van der Waals surface area contributed by atoms with Crippen molar-refractivity contribution in [2.24, 2.45) is 5.73 Å². The summed E-state index contributed by atoms with van der Waals surface area (Å²) >= 11 is 0. The van der Waals surface area contributed by atoms with Gasteiger partial charge in [0.05, 0.1) is 5.54 Å². The van der Waals surface area contributed by atoms with Gasteiger partial charge in [0, 0.05) is 19.1 Å². The molecule has 2 rings (SSSR count). The van der Waals surface area contributed by atoms with Gasteiger partial charge in [0.2, 0.25) is 5.91 Å². The van der Waals surface area contributed by atoms with Crippen molar-refractivity contribution in [2.45, 2.75) is 64.0 Å². The summed E-state index contributed by atoms with van der Waals surface area (Å²) in [5.74, 6) is 0.164. The van der Waals surface area contributed by atoms with Crippen LogP contribution in [0.2, 0.25) is 0 Å². The monoisotopic (exact) mass is 267 g/mol. The van der Waals surface area contributed by atoms with Crippen molar-refractivity contribution >= 4 is 5.91 Å². The second-order valence-electron chi connectivity index (χ2n) is 6.15. The zero-order valence-electron chi connectivity index (χ0n) is 12.5. The Balaban J connectivity index is 1.92. The van der Waals surface area contributed by atoms with Crippen LogP contribution < -0.4 is 5.73 Å². The number of rotatable bonds is 4. The largest absolute Gasteiger partial charge is 0.339 e. The van der Waals surface area contributed by atoms with E-state index in [1.165, 1.54) is 32.4 Å². The number of carbonyl (C=O) groups is 1. The average Bonchev–Trinajstić information content (AvgIpc) is 2.96. The molecule has 19 heavy (non-hydrogen) atoms. The Morgan fingerprint density at radius 2 is 1.79 bits per heavy atom. The topological polar surface area (TPSA) is 49.6 Å². The first kappa shape index (κ1) is 14.8. The van der Waals surface area contributed by atoms with Gasteiger partial charge in [-0.25, -0.2) is 0 Å². The predicted octanol–water partition coefficient (Wildman–Crippen LogP) is 1.59. The summed E-state index contributed by atoms with van der Waals surface area (Å²) in [6, 6.07) is 0.571. The molecule has 2 heterocycles. The van der Waals surface area contributed by atoms with Crippen molar-refractivity contribution in [3.63, 3.8) is 0 Å². The molecule has 1 unspecified atom stereocenters. The lowest BCUT2D eigenvalue weighted by atomic mass is 9.92. The molecule has 0 aliphatic carbocycles. The molecule has 2 aliphatic rings. The van der Waals surface area contributed by atoms with Crippen LogP contribution >= 0.6 is 0 Å². The summed E-state index contributed by atoms with van der Waals surface area (Å²) in [5, 5.41) is 0. The lowest BCUT2D eigenvalue weighted by molar-refractivity contribution is -0.136. The van der Waals surface area contributed by atoms with Crippen molar-refractivity contribution in [1.29, 1.82) is 0 Å². The fraction of sp³-hybridized carbons (Fsp3) is 0.933. The SMILES string of the molecule is CCC(N)(CC)C(=O)N1CCC(N2CCCCC2)C1. The Morgan fingerprint density at radius 1 is 1.16 bits per heavy atom. The smallest absolute Gasteiger partial charge is 0.242 e. The third-order valence-electron chi connectivity index (χ3n) is 5.05. The van der Waals surface area contributed by atoms with Gasteiger partial charge in [0.1, 0.15) is 0 Å². The quantitative estimate of drug-likeness (QED) is 0.841. The summed E-state index contributed by atoms with van der Waals surface area (Å²) in [6.45, 7) is 8.22. The van der Waals surface area contributed by atoms with Gasteiger partial charge >= 0.3 is 0 Å². The zero-order chi connectivity index (χ0) is 13.9. The zero-order valence-corrected chi connectivity index (χ0v) is 12.5. The summed E-state index contributed by atoms with van der Waals surface area (Å²) in [6.07, 6.45) is 6.57. The normalized spacial score (nSPS) is 25.8. The van der Waals surface area contributed by atoms with Crippen LogP contribution in [0.1, 0.15) is 52.4 Å². The molecule has 0 radical (unpaired) electrons. The van der Waals surface area contributed by atoms with Gasteiger partial charge in [0.25, 0.3) is 0 Å². The van der Waals surface area contributed by atoms with E-state index in [9.17, 15) is 4.79 Å². The van der Waals surface area contributed by atoms with E-state index < -0.39 is 5.54 Å². The third kappa shape index (κ3) is 3.11. The van der Waals surface area contributed by atoms with E-state index in [1.807, 2.05) is 18.7 Å². The number of piperidine rings is 1. The summed E-state index contributed by atoms with van der Waals surface area (Å²) in [5.41, 5.74) is 5.60. The molecular weight excluding hydrogens is 238 g/mol. The maximum atomic E-state index is 12.5. The van der Waals surface area contributed by atoms with Gasteiger partial charge in [-0.3, -0.25) is 9.69 Å². The van der Waals surface area contributed by atoms with Crippen LogP contribution in [-0.2, 0) is 4.79 Å². The Labute approximate surface area is 117 Å². The Kier molecular flexibility index (Phi) is 4.85. The Hall–Kier alpha value is -0.610. The molecule has 2 saturated heterocycles. The van der Waals surface area contributed by atoms with Crippen LogP contribution in [0.25, 0.3) is 0 Å². The van der Waals surface area contributed by atoms with Crippen molar-refractivity contribution in [3.8, 4) is 0 Å². The molecule has 0 bridgehead atoms. The molecule has 0 spiro atoms. The molecule has 2 N–H and O–H groups in total. The second-order valence-corrected chi connectivity index (χ2v) is 6.15. The molecule has 0 saturated carbocycles. The minimum Gasteiger partial charge on any atom is -0.339 e. The van der Waals surface area contributed by atoms with Gasteiger partial charge < -0.3 is 10.6 Å². The number of likely N-dealkylation sites (tertiary alicyclic amines) is 2. The first-order valence-corrected chi connectivity index (χ1v) is 7.93. The Bertz CT molecular complexity index is 309. The molecule has 1 atom stereocenters. The van der Waals surface area contributed by atoms with E-state index in [1.54, 1.807) is 0 Å². The average molecular weight is 267 g/mol. The van der Waals surface area contributed by atoms with Gasteiger partial charge in [-0.1, -0.05) is 20.3 Å². The van der Waals surface area contributed by atoms with Crippen LogP contribution in [0.4, 0.5) is 0 Å². The van der Waals surface area contributed by atoms with Crippen LogP contribution in [-0.4, -0.2) is 53.5 Å². The fourth-order valence-electron chi connectivity index (χ4n) is 3.38. The number of carbonyl (C=O) groups excluding carboxylic acids is 1. The van der Waals surface area contributed by atoms with Crippen LogP contribution in [0.15, 0.2) is 0 Å². The first-order chi connectivity index (χ1) is 9.10. The van der Waals surface area contributed by atoms with Crippen molar-refractivity contribution < 1.29 is 4.79 Å². The van der Waals surface area contributed by atoms with E-state index in [2.05, 4.69) is 4.90 Å². The van der Waals surface area contributed by atoms with Gasteiger partial charge in [-0.2, -0.15) is 0 Å².